The molecule has 0 spiro atoms. The highest BCUT2D eigenvalue weighted by Crippen LogP contribution is 2.29. The van der Waals surface area contributed by atoms with Crippen LogP contribution in [0, 0.1) is 0 Å². The number of nitrogens with zero attached hydrogens (tertiary/aromatic N) is 4. The minimum atomic E-state index is -1.11. The molecule has 1 fully saturated rings. The van der Waals surface area contributed by atoms with Crippen LogP contribution in [0.5, 0.6) is 0 Å². The van der Waals surface area contributed by atoms with Crippen LogP contribution < -0.4 is 5.32 Å². The molecule has 7 heteroatoms. The number of aromatic nitrogens is 3. The predicted octanol–water partition coefficient (Wildman–Crippen LogP) is 2.23. The summed E-state index contributed by atoms with van der Waals surface area (Å²) in [7, 11) is 0. The molecule has 1 saturated heterocycles. The highest BCUT2D eigenvalue weighted by molar-refractivity contribution is 6.07. The molecule has 1 aliphatic rings. The van der Waals surface area contributed by atoms with E-state index in [9.17, 15) is 9.59 Å². The Morgan fingerprint density at radius 2 is 2.00 bits per heavy atom. The van der Waals surface area contributed by atoms with Gasteiger partial charge >= 0.3 is 6.03 Å². The van der Waals surface area contributed by atoms with Crippen LogP contribution in [0.15, 0.2) is 67.3 Å². The zero-order valence-corrected chi connectivity index (χ0v) is 14.2. The fraction of sp³-hybridized carbons (Fsp3) is 0.158. The van der Waals surface area contributed by atoms with E-state index in [0.717, 1.165) is 11.3 Å². The first-order valence-corrected chi connectivity index (χ1v) is 8.21. The van der Waals surface area contributed by atoms with Crippen molar-refractivity contribution in [3.8, 4) is 5.69 Å². The monoisotopic (exact) mass is 347 g/mol. The molecule has 0 bridgehead atoms. The number of amides is 3. The third-order valence-electron chi connectivity index (χ3n) is 4.53. The van der Waals surface area contributed by atoms with Gasteiger partial charge < -0.3 is 5.32 Å². The summed E-state index contributed by atoms with van der Waals surface area (Å²) >= 11 is 0. The van der Waals surface area contributed by atoms with Gasteiger partial charge in [0.1, 0.15) is 5.54 Å². The summed E-state index contributed by atoms with van der Waals surface area (Å²) < 4.78 is 1.73. The molecule has 0 saturated carbocycles. The van der Waals surface area contributed by atoms with Gasteiger partial charge in [-0.1, -0.05) is 18.2 Å². The van der Waals surface area contributed by atoms with Gasteiger partial charge in [-0.25, -0.2) is 9.48 Å². The van der Waals surface area contributed by atoms with Gasteiger partial charge in [-0.15, -0.1) is 0 Å². The lowest BCUT2D eigenvalue weighted by Gasteiger charge is -2.21. The standard InChI is InChI=1S/C19H17N5O2/c1-19(15-6-3-8-20-12-15)17(25)23(18(26)22-19)13-14-5-2-7-16(11-14)24-10-4-9-21-24/h2-12H,13H2,1H3,(H,22,26). The van der Waals surface area contributed by atoms with Gasteiger partial charge in [-0.2, -0.15) is 5.10 Å². The molecule has 26 heavy (non-hydrogen) atoms. The van der Waals surface area contributed by atoms with Crippen molar-refractivity contribution in [2.45, 2.75) is 19.0 Å². The van der Waals surface area contributed by atoms with Gasteiger partial charge in [0.15, 0.2) is 0 Å². The number of carbonyl (C=O) groups excluding carboxylic acids is 2. The molecule has 3 heterocycles. The van der Waals surface area contributed by atoms with E-state index < -0.39 is 11.6 Å². The lowest BCUT2D eigenvalue weighted by Crippen LogP contribution is -2.40. The van der Waals surface area contributed by atoms with E-state index >= 15 is 0 Å². The molecule has 1 N–H and O–H groups in total. The van der Waals surface area contributed by atoms with Crippen LogP contribution in [0.4, 0.5) is 4.79 Å². The minimum Gasteiger partial charge on any atom is -0.319 e. The maximum absolute atomic E-state index is 13.0. The molecule has 4 rings (SSSR count). The maximum Gasteiger partial charge on any atom is 0.325 e. The summed E-state index contributed by atoms with van der Waals surface area (Å²) in [5, 5.41) is 6.99. The normalized spacial score (nSPS) is 19.7. The Balaban J connectivity index is 1.60. The Morgan fingerprint density at radius 3 is 2.73 bits per heavy atom. The lowest BCUT2D eigenvalue weighted by molar-refractivity contribution is -0.131. The minimum absolute atomic E-state index is 0.190. The van der Waals surface area contributed by atoms with Crippen molar-refractivity contribution in [1.82, 2.24) is 25.0 Å². The van der Waals surface area contributed by atoms with Gasteiger partial charge in [0.25, 0.3) is 5.91 Å². The summed E-state index contributed by atoms with van der Waals surface area (Å²) in [6.45, 7) is 1.89. The molecule has 1 atom stereocenters. The third kappa shape index (κ3) is 2.63. The summed E-state index contributed by atoms with van der Waals surface area (Å²) in [5.74, 6) is -0.292. The molecule has 3 amide bonds. The topological polar surface area (TPSA) is 80.1 Å². The average molecular weight is 347 g/mol. The molecule has 130 valence electrons. The van der Waals surface area contributed by atoms with E-state index in [1.165, 1.54) is 4.90 Å². The van der Waals surface area contributed by atoms with Crippen molar-refractivity contribution >= 4 is 11.9 Å². The van der Waals surface area contributed by atoms with Gasteiger partial charge in [-0.05, 0) is 36.8 Å². The number of nitrogens with one attached hydrogen (secondary N) is 1. The van der Waals surface area contributed by atoms with Crippen molar-refractivity contribution < 1.29 is 9.59 Å². The third-order valence-corrected chi connectivity index (χ3v) is 4.53. The van der Waals surface area contributed by atoms with E-state index in [1.807, 2.05) is 36.5 Å². The predicted molar refractivity (Wildman–Crippen MR) is 94.2 cm³/mol. The van der Waals surface area contributed by atoms with Crippen molar-refractivity contribution in [3.63, 3.8) is 0 Å². The number of rotatable bonds is 4. The molecule has 0 aliphatic carbocycles. The zero-order valence-electron chi connectivity index (χ0n) is 14.2. The van der Waals surface area contributed by atoms with E-state index in [2.05, 4.69) is 15.4 Å². The van der Waals surface area contributed by atoms with Gasteiger partial charge in [0, 0.05) is 30.4 Å². The fourth-order valence-electron chi connectivity index (χ4n) is 3.10. The molecule has 1 unspecified atom stereocenters. The molecule has 1 aromatic carbocycles. The van der Waals surface area contributed by atoms with Crippen molar-refractivity contribution in [3.05, 3.63) is 78.4 Å². The zero-order chi connectivity index (χ0) is 18.1. The summed E-state index contributed by atoms with van der Waals surface area (Å²) in [5.41, 5.74) is 1.27. The van der Waals surface area contributed by atoms with Gasteiger partial charge in [-0.3, -0.25) is 14.7 Å². The van der Waals surface area contributed by atoms with Crippen LogP contribution in [0.1, 0.15) is 18.1 Å². The van der Waals surface area contributed by atoms with Crippen LogP contribution in [0.25, 0.3) is 5.69 Å². The first kappa shape index (κ1) is 16.0. The Hall–Kier alpha value is -3.48. The van der Waals surface area contributed by atoms with E-state index in [1.54, 1.807) is 42.3 Å². The Kier molecular flexibility index (Phi) is 3.76. The SMILES string of the molecule is CC1(c2cccnc2)NC(=O)N(Cc2cccc(-n3cccn3)c2)C1=O. The molecule has 7 nitrogen and oxygen atoms in total. The smallest absolute Gasteiger partial charge is 0.319 e. The molecule has 0 radical (unpaired) electrons. The van der Waals surface area contributed by atoms with Crippen molar-refractivity contribution in [1.29, 1.82) is 0 Å². The van der Waals surface area contributed by atoms with Crippen LogP contribution in [0.2, 0.25) is 0 Å². The first-order valence-electron chi connectivity index (χ1n) is 8.21. The number of imide groups is 1. The second kappa shape index (κ2) is 6.11. The molecular weight excluding hydrogens is 330 g/mol. The van der Waals surface area contributed by atoms with Crippen LogP contribution >= 0.6 is 0 Å². The number of urea groups is 1. The fourth-order valence-corrected chi connectivity index (χ4v) is 3.10. The van der Waals surface area contributed by atoms with Crippen LogP contribution in [0.3, 0.4) is 0 Å². The number of carbonyl (C=O) groups is 2. The largest absolute Gasteiger partial charge is 0.325 e. The average Bonchev–Trinajstić information content (AvgIpc) is 3.27. The Morgan fingerprint density at radius 1 is 1.12 bits per heavy atom. The number of hydrogen-bond donors (Lipinski definition) is 1. The number of benzene rings is 1. The Bertz CT molecular complexity index is 955. The quantitative estimate of drug-likeness (QED) is 0.734. The van der Waals surface area contributed by atoms with E-state index in [0.29, 0.717) is 5.56 Å². The van der Waals surface area contributed by atoms with Crippen LogP contribution in [-0.4, -0.2) is 31.6 Å². The summed E-state index contributed by atoms with van der Waals surface area (Å²) in [4.78, 5) is 30.7. The molecule has 3 aromatic rings. The molecular formula is C19H17N5O2. The highest BCUT2D eigenvalue weighted by atomic mass is 16.2. The summed E-state index contributed by atoms with van der Waals surface area (Å²) in [6, 6.07) is 12.5. The van der Waals surface area contributed by atoms with E-state index in [4.69, 9.17) is 0 Å². The van der Waals surface area contributed by atoms with Crippen LogP contribution in [-0.2, 0) is 16.9 Å². The summed E-state index contributed by atoms with van der Waals surface area (Å²) in [6.07, 6.45) is 6.77. The van der Waals surface area contributed by atoms with Crippen molar-refractivity contribution in [2.24, 2.45) is 0 Å². The van der Waals surface area contributed by atoms with Gasteiger partial charge in [0.05, 0.1) is 12.2 Å². The number of pyridine rings is 1. The number of hydrogen-bond acceptors (Lipinski definition) is 4. The maximum atomic E-state index is 13.0. The molecule has 1 aliphatic heterocycles. The van der Waals surface area contributed by atoms with E-state index in [-0.39, 0.29) is 12.5 Å². The lowest BCUT2D eigenvalue weighted by atomic mass is 9.93. The van der Waals surface area contributed by atoms with Gasteiger partial charge in [0.2, 0.25) is 0 Å². The highest BCUT2D eigenvalue weighted by Gasteiger charge is 2.49. The molecule has 2 aromatic heterocycles. The second-order valence-corrected chi connectivity index (χ2v) is 6.31. The Labute approximate surface area is 150 Å². The second-order valence-electron chi connectivity index (χ2n) is 6.31. The first-order chi connectivity index (χ1) is 12.6. The van der Waals surface area contributed by atoms with Crippen molar-refractivity contribution in [2.75, 3.05) is 0 Å².